The molecular formula is C25H38O6. The molecule has 0 heterocycles. The van der Waals surface area contributed by atoms with Crippen molar-refractivity contribution < 1.29 is 28.7 Å². The Labute approximate surface area is 186 Å². The van der Waals surface area contributed by atoms with Crippen LogP contribution in [0.2, 0.25) is 0 Å². The van der Waals surface area contributed by atoms with Crippen LogP contribution in [0.5, 0.6) is 0 Å². The summed E-state index contributed by atoms with van der Waals surface area (Å²) >= 11 is 0. The number of Topliss-reactive ketones (excluding diaryl/α,β-unsaturated/α-hetero) is 2. The Morgan fingerprint density at radius 3 is 1.58 bits per heavy atom. The normalized spacial score (nSPS) is 19.8. The number of carbonyl (C=O) groups excluding carboxylic acids is 4. The molecule has 0 bridgehead atoms. The van der Waals surface area contributed by atoms with Crippen molar-refractivity contribution in [3.05, 3.63) is 12.2 Å². The number of ether oxygens (including phenoxy) is 2. The number of hydrogen-bond donors (Lipinski definition) is 0. The molecule has 0 aromatic heterocycles. The highest BCUT2D eigenvalue weighted by atomic mass is 16.6. The van der Waals surface area contributed by atoms with Crippen molar-refractivity contribution in [2.24, 2.45) is 11.8 Å². The average molecular weight is 435 g/mol. The van der Waals surface area contributed by atoms with Crippen LogP contribution in [0.4, 0.5) is 0 Å². The SMILES string of the molecule is C=C(CC(=O)OC(CC)C(=O)C1CCCCC1)C(=O)OC(CC)C(=O)C1CCCCC1. The minimum Gasteiger partial charge on any atom is -0.454 e. The summed E-state index contributed by atoms with van der Waals surface area (Å²) in [4.78, 5) is 50.1. The van der Waals surface area contributed by atoms with Crippen LogP contribution in [-0.4, -0.2) is 35.7 Å². The molecule has 6 nitrogen and oxygen atoms in total. The second-order valence-corrected chi connectivity index (χ2v) is 8.94. The highest BCUT2D eigenvalue weighted by Gasteiger charge is 2.32. The van der Waals surface area contributed by atoms with Crippen molar-refractivity contribution in [1.29, 1.82) is 0 Å². The highest BCUT2D eigenvalue weighted by Crippen LogP contribution is 2.28. The third-order valence-corrected chi connectivity index (χ3v) is 6.56. The van der Waals surface area contributed by atoms with E-state index in [0.29, 0.717) is 12.8 Å². The zero-order chi connectivity index (χ0) is 22.8. The maximum Gasteiger partial charge on any atom is 0.334 e. The van der Waals surface area contributed by atoms with Crippen LogP contribution in [0.15, 0.2) is 12.2 Å². The summed E-state index contributed by atoms with van der Waals surface area (Å²) in [6.07, 6.45) is 8.64. The fourth-order valence-corrected chi connectivity index (χ4v) is 4.64. The van der Waals surface area contributed by atoms with E-state index in [1.807, 2.05) is 6.92 Å². The maximum absolute atomic E-state index is 12.7. The zero-order valence-corrected chi connectivity index (χ0v) is 19.2. The Kier molecular flexibility index (Phi) is 10.4. The molecule has 2 saturated carbocycles. The van der Waals surface area contributed by atoms with Crippen molar-refractivity contribution >= 4 is 23.5 Å². The Morgan fingerprint density at radius 1 is 0.742 bits per heavy atom. The average Bonchev–Trinajstić information content (AvgIpc) is 2.80. The van der Waals surface area contributed by atoms with Gasteiger partial charge in [0.25, 0.3) is 0 Å². The first-order valence-corrected chi connectivity index (χ1v) is 12.0. The summed E-state index contributed by atoms with van der Waals surface area (Å²) in [6.45, 7) is 7.26. The van der Waals surface area contributed by atoms with Crippen LogP contribution in [-0.2, 0) is 28.7 Å². The van der Waals surface area contributed by atoms with Crippen LogP contribution >= 0.6 is 0 Å². The fraction of sp³-hybridized carbons (Fsp3) is 0.760. The molecular weight excluding hydrogens is 396 g/mol. The van der Waals surface area contributed by atoms with E-state index >= 15 is 0 Å². The Bertz CT molecular complexity index is 655. The lowest BCUT2D eigenvalue weighted by Gasteiger charge is -2.25. The summed E-state index contributed by atoms with van der Waals surface area (Å²) in [5, 5.41) is 0. The molecule has 0 N–H and O–H groups in total. The maximum atomic E-state index is 12.7. The lowest BCUT2D eigenvalue weighted by Crippen LogP contribution is -2.34. The van der Waals surface area contributed by atoms with Gasteiger partial charge in [-0.25, -0.2) is 4.79 Å². The quantitative estimate of drug-likeness (QED) is 0.340. The molecule has 31 heavy (non-hydrogen) atoms. The Balaban J connectivity index is 1.84. The number of esters is 2. The molecule has 2 unspecified atom stereocenters. The Hall–Kier alpha value is -1.98. The molecule has 0 aliphatic heterocycles. The fourth-order valence-electron chi connectivity index (χ4n) is 4.64. The van der Waals surface area contributed by atoms with Crippen LogP contribution < -0.4 is 0 Å². The lowest BCUT2D eigenvalue weighted by atomic mass is 9.84. The molecule has 2 aliphatic rings. The summed E-state index contributed by atoms with van der Waals surface area (Å²) in [5.41, 5.74) is -0.0557. The molecule has 0 amide bonds. The van der Waals surface area contributed by atoms with Gasteiger partial charge < -0.3 is 9.47 Å². The lowest BCUT2D eigenvalue weighted by molar-refractivity contribution is -0.158. The van der Waals surface area contributed by atoms with E-state index in [2.05, 4.69) is 6.58 Å². The third-order valence-electron chi connectivity index (χ3n) is 6.56. The molecule has 0 aromatic carbocycles. The molecule has 6 heteroatoms. The third kappa shape index (κ3) is 7.58. The molecule has 0 saturated heterocycles. The van der Waals surface area contributed by atoms with Gasteiger partial charge in [-0.15, -0.1) is 0 Å². The summed E-state index contributed by atoms with van der Waals surface area (Å²) in [5.74, 6) is -1.57. The number of ketones is 2. The topological polar surface area (TPSA) is 86.7 Å². The van der Waals surface area contributed by atoms with Crippen molar-refractivity contribution in [2.75, 3.05) is 0 Å². The molecule has 2 fully saturated rings. The minimum atomic E-state index is -0.806. The van der Waals surface area contributed by atoms with Gasteiger partial charge in [-0.3, -0.25) is 14.4 Å². The number of rotatable bonds is 11. The predicted molar refractivity (Wildman–Crippen MR) is 117 cm³/mol. The molecule has 0 radical (unpaired) electrons. The first-order chi connectivity index (χ1) is 14.9. The van der Waals surface area contributed by atoms with Gasteiger partial charge in [0.1, 0.15) is 0 Å². The van der Waals surface area contributed by atoms with E-state index in [4.69, 9.17) is 9.47 Å². The van der Waals surface area contributed by atoms with Gasteiger partial charge in [-0.05, 0) is 38.5 Å². The summed E-state index contributed by atoms with van der Waals surface area (Å²) in [7, 11) is 0. The first-order valence-electron chi connectivity index (χ1n) is 12.0. The van der Waals surface area contributed by atoms with Crippen molar-refractivity contribution in [3.8, 4) is 0 Å². The molecule has 2 rings (SSSR count). The van der Waals surface area contributed by atoms with Crippen LogP contribution in [0.25, 0.3) is 0 Å². The van der Waals surface area contributed by atoms with Crippen molar-refractivity contribution in [3.63, 3.8) is 0 Å². The van der Waals surface area contributed by atoms with E-state index in [0.717, 1.165) is 64.2 Å². The zero-order valence-electron chi connectivity index (χ0n) is 19.2. The van der Waals surface area contributed by atoms with Gasteiger partial charge in [0.2, 0.25) is 0 Å². The second kappa shape index (κ2) is 12.8. The molecule has 0 spiro atoms. The van der Waals surface area contributed by atoms with Gasteiger partial charge >= 0.3 is 11.9 Å². The molecule has 0 aromatic rings. The van der Waals surface area contributed by atoms with E-state index in [9.17, 15) is 19.2 Å². The molecule has 2 aliphatic carbocycles. The van der Waals surface area contributed by atoms with Crippen LogP contribution in [0, 0.1) is 11.8 Å². The van der Waals surface area contributed by atoms with E-state index in [1.165, 1.54) is 0 Å². The van der Waals surface area contributed by atoms with Crippen molar-refractivity contribution in [2.45, 2.75) is 110 Å². The predicted octanol–water partition coefficient (Wildman–Crippen LogP) is 4.88. The Morgan fingerprint density at radius 2 is 1.16 bits per heavy atom. The van der Waals surface area contributed by atoms with Crippen LogP contribution in [0.1, 0.15) is 97.3 Å². The smallest absolute Gasteiger partial charge is 0.334 e. The summed E-state index contributed by atoms with van der Waals surface area (Å²) in [6, 6.07) is 0. The number of hydrogen-bond acceptors (Lipinski definition) is 6. The molecule has 174 valence electrons. The van der Waals surface area contributed by atoms with Gasteiger partial charge in [0, 0.05) is 17.4 Å². The highest BCUT2D eigenvalue weighted by molar-refractivity contribution is 5.96. The van der Waals surface area contributed by atoms with E-state index in [1.54, 1.807) is 6.92 Å². The van der Waals surface area contributed by atoms with Crippen molar-refractivity contribution in [1.82, 2.24) is 0 Å². The van der Waals surface area contributed by atoms with Gasteiger partial charge in [-0.2, -0.15) is 0 Å². The number of carbonyl (C=O) groups is 4. The first kappa shape index (κ1) is 25.3. The van der Waals surface area contributed by atoms with Gasteiger partial charge in [-0.1, -0.05) is 59.0 Å². The molecule has 2 atom stereocenters. The standard InChI is InChI=1S/C25H38O6/c1-4-20(23(27)18-12-8-6-9-13-18)30-22(26)16-17(3)25(29)31-21(5-2)24(28)19-14-10-7-11-15-19/h18-21H,3-16H2,1-2H3. The van der Waals surface area contributed by atoms with Gasteiger partial charge in [0.05, 0.1) is 6.42 Å². The second-order valence-electron chi connectivity index (χ2n) is 8.94. The van der Waals surface area contributed by atoms with Crippen LogP contribution in [0.3, 0.4) is 0 Å². The largest absolute Gasteiger partial charge is 0.454 e. The van der Waals surface area contributed by atoms with E-state index < -0.39 is 24.1 Å². The monoisotopic (exact) mass is 434 g/mol. The summed E-state index contributed by atoms with van der Waals surface area (Å²) < 4.78 is 10.8. The minimum absolute atomic E-state index is 0.0205. The van der Waals surface area contributed by atoms with Gasteiger partial charge in [0.15, 0.2) is 23.8 Å². The van der Waals surface area contributed by atoms with E-state index in [-0.39, 0.29) is 35.4 Å².